The number of hydrogen-bond acceptors (Lipinski definition) is 2. The van der Waals surface area contributed by atoms with Gasteiger partial charge in [0, 0.05) is 19.5 Å². The van der Waals surface area contributed by atoms with Gasteiger partial charge in [0.25, 0.3) is 0 Å². The van der Waals surface area contributed by atoms with Crippen LogP contribution in [0, 0.1) is 12.3 Å². The van der Waals surface area contributed by atoms with Crippen molar-refractivity contribution in [3.05, 3.63) is 0 Å². The van der Waals surface area contributed by atoms with Crippen LogP contribution in [0.4, 0.5) is 4.79 Å². The molecule has 0 aromatic carbocycles. The molecular formula is C8H11NO2. The summed E-state index contributed by atoms with van der Waals surface area (Å²) in [6.07, 6.45) is 6.35. The Bertz CT molecular complexity index is 183. The van der Waals surface area contributed by atoms with Gasteiger partial charge in [-0.25, -0.2) is 4.79 Å². The van der Waals surface area contributed by atoms with Gasteiger partial charge in [0.15, 0.2) is 0 Å². The molecular weight excluding hydrogens is 142 g/mol. The van der Waals surface area contributed by atoms with Crippen LogP contribution in [0.2, 0.25) is 0 Å². The second-order valence-corrected chi connectivity index (χ2v) is 2.41. The number of hydrogen-bond donors (Lipinski definition) is 0. The van der Waals surface area contributed by atoms with Gasteiger partial charge < -0.3 is 9.64 Å². The van der Waals surface area contributed by atoms with E-state index < -0.39 is 0 Å². The highest BCUT2D eigenvalue weighted by atomic mass is 16.6. The van der Waals surface area contributed by atoms with Gasteiger partial charge in [-0.15, -0.1) is 12.3 Å². The molecule has 1 fully saturated rings. The number of carbonyl (C=O) groups is 1. The molecule has 3 nitrogen and oxygen atoms in total. The molecule has 1 aliphatic heterocycles. The molecule has 1 amide bonds. The zero-order valence-electron chi connectivity index (χ0n) is 6.38. The maximum absolute atomic E-state index is 10.9. The highest BCUT2D eigenvalue weighted by molar-refractivity contribution is 5.68. The minimum atomic E-state index is -0.230. The first-order valence-electron chi connectivity index (χ1n) is 3.70. The van der Waals surface area contributed by atoms with Gasteiger partial charge in [0.1, 0.15) is 0 Å². The number of nitrogens with zero attached hydrogens (tertiary/aromatic N) is 1. The lowest BCUT2D eigenvalue weighted by Crippen LogP contribution is -2.38. The minimum Gasteiger partial charge on any atom is -0.449 e. The summed E-state index contributed by atoms with van der Waals surface area (Å²) in [7, 11) is 0. The summed E-state index contributed by atoms with van der Waals surface area (Å²) in [4.78, 5) is 12.6. The zero-order valence-corrected chi connectivity index (χ0v) is 6.38. The van der Waals surface area contributed by atoms with Crippen molar-refractivity contribution in [2.45, 2.75) is 12.8 Å². The van der Waals surface area contributed by atoms with E-state index in [1.807, 2.05) is 0 Å². The van der Waals surface area contributed by atoms with Crippen LogP contribution in [-0.4, -0.2) is 30.7 Å². The predicted molar refractivity (Wildman–Crippen MR) is 41.0 cm³/mol. The van der Waals surface area contributed by atoms with Crippen LogP contribution < -0.4 is 0 Å². The van der Waals surface area contributed by atoms with E-state index in [1.54, 1.807) is 4.90 Å². The summed E-state index contributed by atoms with van der Waals surface area (Å²) in [6.45, 7) is 1.95. The van der Waals surface area contributed by atoms with Crippen LogP contribution in [0.1, 0.15) is 12.8 Å². The third-order valence-corrected chi connectivity index (χ3v) is 1.58. The van der Waals surface area contributed by atoms with Crippen molar-refractivity contribution in [1.29, 1.82) is 0 Å². The number of terminal acetylenes is 1. The third-order valence-electron chi connectivity index (χ3n) is 1.58. The van der Waals surface area contributed by atoms with Crippen LogP contribution in [0.25, 0.3) is 0 Å². The maximum Gasteiger partial charge on any atom is 0.409 e. The van der Waals surface area contributed by atoms with Crippen molar-refractivity contribution >= 4 is 6.09 Å². The van der Waals surface area contributed by atoms with Crippen molar-refractivity contribution in [3.8, 4) is 12.3 Å². The summed E-state index contributed by atoms with van der Waals surface area (Å²) in [5.41, 5.74) is 0. The number of amides is 1. The number of cyclic esters (lactones) is 1. The molecule has 0 aromatic rings. The molecule has 1 rings (SSSR count). The molecule has 0 bridgehead atoms. The lowest BCUT2D eigenvalue weighted by Gasteiger charge is -2.25. The van der Waals surface area contributed by atoms with Crippen LogP contribution in [0.15, 0.2) is 0 Å². The largest absolute Gasteiger partial charge is 0.449 e. The van der Waals surface area contributed by atoms with Crippen molar-refractivity contribution in [2.24, 2.45) is 0 Å². The number of rotatable bonds is 2. The minimum absolute atomic E-state index is 0.230. The first-order valence-corrected chi connectivity index (χ1v) is 3.70. The Hall–Kier alpha value is -1.17. The summed E-state index contributed by atoms with van der Waals surface area (Å²) < 4.78 is 4.81. The molecule has 1 saturated heterocycles. The van der Waals surface area contributed by atoms with Crippen LogP contribution in [-0.2, 0) is 4.74 Å². The number of ether oxygens (including phenoxy) is 1. The van der Waals surface area contributed by atoms with Gasteiger partial charge >= 0.3 is 6.09 Å². The summed E-state index contributed by atoms with van der Waals surface area (Å²) in [6, 6.07) is 0. The fourth-order valence-electron chi connectivity index (χ4n) is 1.00. The normalized spacial score (nSPS) is 17.4. The summed E-state index contributed by atoms with van der Waals surface area (Å²) in [5, 5.41) is 0. The van der Waals surface area contributed by atoms with Gasteiger partial charge in [-0.1, -0.05) is 0 Å². The molecule has 0 saturated carbocycles. The first-order chi connectivity index (χ1) is 5.34. The van der Waals surface area contributed by atoms with Crippen molar-refractivity contribution < 1.29 is 9.53 Å². The smallest absolute Gasteiger partial charge is 0.409 e. The molecule has 0 atom stereocenters. The van der Waals surface area contributed by atoms with Gasteiger partial charge in [0.2, 0.25) is 0 Å². The van der Waals surface area contributed by atoms with Crippen molar-refractivity contribution in [2.75, 3.05) is 19.7 Å². The Labute approximate surface area is 66.3 Å². The van der Waals surface area contributed by atoms with E-state index in [9.17, 15) is 4.79 Å². The molecule has 60 valence electrons. The lowest BCUT2D eigenvalue weighted by atomic mass is 10.3. The highest BCUT2D eigenvalue weighted by Gasteiger charge is 2.17. The van der Waals surface area contributed by atoms with E-state index in [-0.39, 0.29) is 6.09 Å². The topological polar surface area (TPSA) is 29.5 Å². The lowest BCUT2D eigenvalue weighted by molar-refractivity contribution is 0.0739. The Kier molecular flexibility index (Phi) is 2.79. The standard InChI is InChI=1S/C8H11NO2/c1-2-3-5-9-6-4-7-11-8(9)10/h1H,3-7H2. The first kappa shape index (κ1) is 7.93. The monoisotopic (exact) mass is 153 g/mol. The van der Waals surface area contributed by atoms with Gasteiger partial charge in [-0.2, -0.15) is 0 Å². The van der Waals surface area contributed by atoms with Crippen molar-refractivity contribution in [1.82, 2.24) is 4.90 Å². The van der Waals surface area contributed by atoms with E-state index in [4.69, 9.17) is 11.2 Å². The average Bonchev–Trinajstić information content (AvgIpc) is 2.03. The Morgan fingerprint density at radius 1 is 1.73 bits per heavy atom. The highest BCUT2D eigenvalue weighted by Crippen LogP contribution is 2.04. The zero-order chi connectivity index (χ0) is 8.10. The molecule has 0 unspecified atom stereocenters. The quantitative estimate of drug-likeness (QED) is 0.550. The Morgan fingerprint density at radius 3 is 3.18 bits per heavy atom. The third kappa shape index (κ3) is 2.15. The van der Waals surface area contributed by atoms with E-state index in [0.717, 1.165) is 13.0 Å². The molecule has 0 N–H and O–H groups in total. The van der Waals surface area contributed by atoms with Crippen LogP contribution >= 0.6 is 0 Å². The van der Waals surface area contributed by atoms with Gasteiger partial charge in [-0.3, -0.25) is 0 Å². The van der Waals surface area contributed by atoms with E-state index >= 15 is 0 Å². The molecule has 1 heterocycles. The molecule has 3 heteroatoms. The van der Waals surface area contributed by atoms with E-state index in [0.29, 0.717) is 19.6 Å². The second-order valence-electron chi connectivity index (χ2n) is 2.41. The van der Waals surface area contributed by atoms with Crippen LogP contribution in [0.3, 0.4) is 0 Å². The van der Waals surface area contributed by atoms with Gasteiger partial charge in [0.05, 0.1) is 6.61 Å². The van der Waals surface area contributed by atoms with Gasteiger partial charge in [-0.05, 0) is 6.42 Å². The molecule has 0 aliphatic carbocycles. The van der Waals surface area contributed by atoms with Crippen LogP contribution in [0.5, 0.6) is 0 Å². The SMILES string of the molecule is C#CCCN1CCCOC1=O. The molecule has 0 radical (unpaired) electrons. The molecule has 0 aromatic heterocycles. The fourth-order valence-corrected chi connectivity index (χ4v) is 1.00. The molecule has 1 aliphatic rings. The summed E-state index contributed by atoms with van der Waals surface area (Å²) >= 11 is 0. The summed E-state index contributed by atoms with van der Waals surface area (Å²) in [5.74, 6) is 2.49. The molecule has 0 spiro atoms. The van der Waals surface area contributed by atoms with Crippen molar-refractivity contribution in [3.63, 3.8) is 0 Å². The maximum atomic E-state index is 10.9. The van der Waals surface area contributed by atoms with E-state index in [2.05, 4.69) is 5.92 Å². The predicted octanol–water partition coefficient (Wildman–Crippen LogP) is 0.852. The van der Waals surface area contributed by atoms with E-state index in [1.165, 1.54) is 0 Å². The fraction of sp³-hybridized carbons (Fsp3) is 0.625. The Balaban J connectivity index is 2.31. The average molecular weight is 153 g/mol. The number of carbonyl (C=O) groups excluding carboxylic acids is 1. The Morgan fingerprint density at radius 2 is 2.55 bits per heavy atom. The second kappa shape index (κ2) is 3.87. The molecule has 11 heavy (non-hydrogen) atoms.